The molecule has 0 aromatic heterocycles. The third kappa shape index (κ3) is 0.841. The Morgan fingerprint density at radius 1 is 1.00 bits per heavy atom. The van der Waals surface area contributed by atoms with Crippen LogP contribution in [0.25, 0.3) is 11.3 Å². The minimum absolute atomic E-state index is 0.0809. The number of aliphatic hydroxyl groups excluding tert-OH is 1. The van der Waals surface area contributed by atoms with Crippen molar-refractivity contribution in [3.05, 3.63) is 59.0 Å². The topological polar surface area (TPSA) is 20.2 Å². The Hall–Kier alpha value is -1.76. The van der Waals surface area contributed by atoms with Gasteiger partial charge in [-0.25, -0.2) is 0 Å². The number of allylic oxidation sites excluding steroid dienone is 3. The molecule has 1 nitrogen and oxygen atoms in total. The van der Waals surface area contributed by atoms with Gasteiger partial charge in [0.05, 0.1) is 5.92 Å². The second kappa shape index (κ2) is 2.61. The summed E-state index contributed by atoms with van der Waals surface area (Å²) in [5.41, 5.74) is 1.21. The molecule has 0 heterocycles. The Morgan fingerprint density at radius 2 is 1.79 bits per heavy atom. The zero-order chi connectivity index (χ0) is 9.54. The van der Waals surface area contributed by atoms with Gasteiger partial charge < -0.3 is 5.11 Å². The number of fused-ring (bicyclic) bond motifs is 2. The van der Waals surface area contributed by atoms with Crippen molar-refractivity contribution in [3.63, 3.8) is 0 Å². The third-order valence-electron chi connectivity index (χ3n) is 2.83. The van der Waals surface area contributed by atoms with Crippen LogP contribution in [0.15, 0.2) is 48.6 Å². The van der Waals surface area contributed by atoms with E-state index >= 15 is 0 Å². The molecule has 0 amide bonds. The maximum atomic E-state index is 9.99. The average Bonchev–Trinajstić information content (AvgIpc) is 2.55. The van der Waals surface area contributed by atoms with Gasteiger partial charge in [-0.3, -0.25) is 0 Å². The molecule has 3 rings (SSSR count). The molecule has 0 aliphatic heterocycles. The smallest absolute Gasteiger partial charge is 0.111 e. The molecule has 14 heavy (non-hydrogen) atoms. The van der Waals surface area contributed by atoms with E-state index in [0.29, 0.717) is 5.76 Å². The van der Waals surface area contributed by atoms with E-state index in [-0.39, 0.29) is 5.92 Å². The summed E-state index contributed by atoms with van der Waals surface area (Å²) >= 11 is 0. The lowest BCUT2D eigenvalue weighted by Crippen LogP contribution is -2.22. The minimum atomic E-state index is 0.0809. The summed E-state index contributed by atoms with van der Waals surface area (Å²) in [5.74, 6) is 0.564. The van der Waals surface area contributed by atoms with Crippen LogP contribution in [-0.4, -0.2) is 5.11 Å². The summed E-state index contributed by atoms with van der Waals surface area (Å²) in [7, 11) is 0. The summed E-state index contributed by atoms with van der Waals surface area (Å²) in [5, 5.41) is 12.1. The number of benzene rings is 1. The normalized spacial score (nSPS) is 22.4. The first-order valence-corrected chi connectivity index (χ1v) is 4.75. The maximum absolute atomic E-state index is 9.99. The fourth-order valence-corrected chi connectivity index (χ4v) is 2.16. The van der Waals surface area contributed by atoms with Gasteiger partial charge >= 0.3 is 0 Å². The predicted octanol–water partition coefficient (Wildman–Crippen LogP) is 1.26. The maximum Gasteiger partial charge on any atom is 0.111 e. The first-order valence-electron chi connectivity index (χ1n) is 4.75. The van der Waals surface area contributed by atoms with E-state index in [1.807, 2.05) is 36.4 Å². The third-order valence-corrected chi connectivity index (χ3v) is 2.83. The van der Waals surface area contributed by atoms with Gasteiger partial charge in [-0.05, 0) is 10.8 Å². The van der Waals surface area contributed by atoms with Crippen LogP contribution in [0.1, 0.15) is 0 Å². The van der Waals surface area contributed by atoms with Crippen molar-refractivity contribution in [1.82, 2.24) is 0 Å². The molecular weight excluding hydrogens is 172 g/mol. The Morgan fingerprint density at radius 3 is 2.64 bits per heavy atom. The van der Waals surface area contributed by atoms with Crippen molar-refractivity contribution in [2.45, 2.75) is 0 Å². The lowest BCUT2D eigenvalue weighted by atomic mass is 9.96. The second-order valence-electron chi connectivity index (χ2n) is 3.61. The van der Waals surface area contributed by atoms with E-state index in [2.05, 4.69) is 12.1 Å². The highest BCUT2D eigenvalue weighted by molar-refractivity contribution is 5.77. The Kier molecular flexibility index (Phi) is 1.42. The van der Waals surface area contributed by atoms with Crippen LogP contribution in [0, 0.1) is 5.92 Å². The van der Waals surface area contributed by atoms with Crippen molar-refractivity contribution >= 4 is 11.3 Å². The minimum Gasteiger partial charge on any atom is -0.511 e. The Balaban J connectivity index is 2.49. The number of aliphatic hydroxyl groups is 1. The van der Waals surface area contributed by atoms with E-state index in [1.165, 1.54) is 5.57 Å². The van der Waals surface area contributed by atoms with Crippen LogP contribution < -0.4 is 10.4 Å². The SMILES string of the molecule is OC1=c2ccccc2=C2C=CC=CC12. The van der Waals surface area contributed by atoms with Gasteiger partial charge in [0.2, 0.25) is 0 Å². The molecule has 2 aliphatic rings. The second-order valence-corrected chi connectivity index (χ2v) is 3.61. The molecule has 1 unspecified atom stereocenters. The first kappa shape index (κ1) is 7.63. The molecule has 0 fully saturated rings. The van der Waals surface area contributed by atoms with E-state index in [4.69, 9.17) is 0 Å². The zero-order valence-corrected chi connectivity index (χ0v) is 7.64. The van der Waals surface area contributed by atoms with E-state index in [0.717, 1.165) is 10.4 Å². The molecule has 68 valence electrons. The average molecular weight is 182 g/mol. The number of hydrogen-bond acceptors (Lipinski definition) is 1. The van der Waals surface area contributed by atoms with Crippen LogP contribution in [0.3, 0.4) is 0 Å². The molecule has 0 saturated carbocycles. The van der Waals surface area contributed by atoms with Gasteiger partial charge in [0.25, 0.3) is 0 Å². The molecule has 1 atom stereocenters. The number of hydrogen-bond donors (Lipinski definition) is 1. The molecule has 1 N–H and O–H groups in total. The molecule has 1 aromatic rings. The van der Waals surface area contributed by atoms with Crippen molar-refractivity contribution in [2.24, 2.45) is 5.92 Å². The monoisotopic (exact) mass is 182 g/mol. The lowest BCUT2D eigenvalue weighted by molar-refractivity contribution is 0.475. The molecule has 0 spiro atoms. The van der Waals surface area contributed by atoms with Gasteiger partial charge in [-0.15, -0.1) is 0 Å². The van der Waals surface area contributed by atoms with Crippen LogP contribution in [-0.2, 0) is 0 Å². The van der Waals surface area contributed by atoms with E-state index < -0.39 is 0 Å². The highest BCUT2D eigenvalue weighted by Gasteiger charge is 2.22. The fourth-order valence-electron chi connectivity index (χ4n) is 2.16. The van der Waals surface area contributed by atoms with E-state index in [9.17, 15) is 5.11 Å². The van der Waals surface area contributed by atoms with Gasteiger partial charge in [0.15, 0.2) is 0 Å². The molecule has 0 saturated heterocycles. The molecule has 2 aliphatic carbocycles. The summed E-state index contributed by atoms with van der Waals surface area (Å²) in [6.07, 6.45) is 8.11. The highest BCUT2D eigenvalue weighted by atomic mass is 16.3. The van der Waals surface area contributed by atoms with Crippen molar-refractivity contribution < 1.29 is 5.11 Å². The molecule has 1 heteroatoms. The predicted molar refractivity (Wildman–Crippen MR) is 56.9 cm³/mol. The van der Waals surface area contributed by atoms with Crippen LogP contribution in [0.2, 0.25) is 0 Å². The first-order chi connectivity index (χ1) is 6.88. The lowest BCUT2D eigenvalue weighted by Gasteiger charge is -2.10. The summed E-state index contributed by atoms with van der Waals surface area (Å²) in [4.78, 5) is 0. The van der Waals surface area contributed by atoms with Gasteiger partial charge in [0, 0.05) is 5.22 Å². The van der Waals surface area contributed by atoms with Crippen LogP contribution in [0.4, 0.5) is 0 Å². The molecule has 1 aromatic carbocycles. The molecule has 0 bridgehead atoms. The Bertz CT molecular complexity index is 561. The van der Waals surface area contributed by atoms with Crippen molar-refractivity contribution in [1.29, 1.82) is 0 Å². The largest absolute Gasteiger partial charge is 0.511 e. The van der Waals surface area contributed by atoms with Crippen LogP contribution in [0.5, 0.6) is 0 Å². The zero-order valence-electron chi connectivity index (χ0n) is 7.64. The van der Waals surface area contributed by atoms with E-state index in [1.54, 1.807) is 0 Å². The standard InChI is InChI=1S/C13H10O/c14-13-11-7-3-1-5-9(11)10-6-2-4-8-12(10)13/h1-8,11,14H. The Labute approximate surface area is 82.0 Å². The van der Waals surface area contributed by atoms with Crippen LogP contribution >= 0.6 is 0 Å². The summed E-state index contributed by atoms with van der Waals surface area (Å²) in [6.45, 7) is 0. The number of rotatable bonds is 0. The molecule has 0 radical (unpaired) electrons. The van der Waals surface area contributed by atoms with Crippen molar-refractivity contribution in [2.75, 3.05) is 0 Å². The quantitative estimate of drug-likeness (QED) is 0.640. The summed E-state index contributed by atoms with van der Waals surface area (Å²) in [6, 6.07) is 8.00. The van der Waals surface area contributed by atoms with Gasteiger partial charge in [0.1, 0.15) is 5.76 Å². The highest BCUT2D eigenvalue weighted by Crippen LogP contribution is 2.26. The fraction of sp³-hybridized carbons (Fsp3) is 0.0769. The van der Waals surface area contributed by atoms with Crippen molar-refractivity contribution in [3.8, 4) is 0 Å². The van der Waals surface area contributed by atoms with Gasteiger partial charge in [-0.1, -0.05) is 48.6 Å². The molecular formula is C13H10O. The van der Waals surface area contributed by atoms with Gasteiger partial charge in [-0.2, -0.15) is 0 Å². The summed E-state index contributed by atoms with van der Waals surface area (Å²) < 4.78 is 0.